The number of hydrogen-bond donors (Lipinski definition) is 3. The number of amides is 1. The molecule has 0 aliphatic heterocycles. The molecule has 0 saturated heterocycles. The van der Waals surface area contributed by atoms with Crippen molar-refractivity contribution in [2.45, 2.75) is 84.7 Å². The van der Waals surface area contributed by atoms with Gasteiger partial charge >= 0.3 is 5.97 Å². The largest absolute Gasteiger partial charge is 0.480 e. The molecule has 0 spiro atoms. The number of aliphatic hydroxyl groups excluding tert-OH is 1. The zero-order chi connectivity index (χ0) is 23.3. The summed E-state index contributed by atoms with van der Waals surface area (Å²) in [5.74, 6) is 0.782. The molecule has 6 nitrogen and oxygen atoms in total. The molecule has 0 aromatic rings. The number of carboxylic acid groups (broad SMARTS) is 1. The fourth-order valence-electron chi connectivity index (χ4n) is 8.18. The molecule has 4 aliphatic rings. The number of carbonyl (C=O) groups excluding carboxylic acids is 2. The molecule has 3 N–H and O–H groups in total. The normalized spacial score (nSPS) is 41.7. The third kappa shape index (κ3) is 3.93. The summed E-state index contributed by atoms with van der Waals surface area (Å²) in [7, 11) is 0. The van der Waals surface area contributed by atoms with Crippen LogP contribution in [0.5, 0.6) is 0 Å². The first-order valence-corrected chi connectivity index (χ1v) is 12.5. The maximum absolute atomic E-state index is 13.4. The molecule has 8 atom stereocenters. The number of carboxylic acids is 1. The number of aliphatic carboxylic acids is 1. The second-order valence-corrected chi connectivity index (χ2v) is 11.5. The van der Waals surface area contributed by atoms with Gasteiger partial charge in [-0.15, -0.1) is 0 Å². The van der Waals surface area contributed by atoms with E-state index >= 15 is 0 Å². The standard InChI is InChI=1S/C26H39NO5/c1-15(4-7-22(30)27-14-23(31)32)18-5-6-19-24-20(9-11-26(18,19)3)25(2)10-8-17(28)12-16(25)13-21(24)29/h13,15,17-20,24,28H,4-12,14H2,1-3H3,(H,27,30)(H,31,32)/t15-,17+,18-,19+,20+,24+,25+,26-/m1/s1. The Bertz CT molecular complexity index is 821. The third-order valence-electron chi connectivity index (χ3n) is 9.94. The van der Waals surface area contributed by atoms with Crippen molar-refractivity contribution in [1.82, 2.24) is 5.32 Å². The van der Waals surface area contributed by atoms with Crippen LogP contribution in [0.15, 0.2) is 11.6 Å². The van der Waals surface area contributed by atoms with E-state index in [0.717, 1.165) is 44.9 Å². The molecule has 4 aliphatic carbocycles. The molecule has 3 saturated carbocycles. The van der Waals surface area contributed by atoms with Crippen LogP contribution >= 0.6 is 0 Å². The van der Waals surface area contributed by atoms with Gasteiger partial charge in [-0.2, -0.15) is 0 Å². The summed E-state index contributed by atoms with van der Waals surface area (Å²) in [5, 5.41) is 21.4. The molecule has 1 amide bonds. The van der Waals surface area contributed by atoms with Crippen molar-refractivity contribution in [3.63, 3.8) is 0 Å². The summed E-state index contributed by atoms with van der Waals surface area (Å²) in [6, 6.07) is 0. The maximum atomic E-state index is 13.4. The van der Waals surface area contributed by atoms with E-state index in [0.29, 0.717) is 36.5 Å². The first-order chi connectivity index (χ1) is 15.1. The number of hydrogen-bond acceptors (Lipinski definition) is 4. The zero-order valence-electron chi connectivity index (χ0n) is 19.7. The molecule has 32 heavy (non-hydrogen) atoms. The lowest BCUT2D eigenvalue weighted by atomic mass is 9.46. The van der Waals surface area contributed by atoms with Crippen LogP contribution in [0.1, 0.15) is 78.6 Å². The van der Waals surface area contributed by atoms with Gasteiger partial charge in [-0.3, -0.25) is 14.4 Å². The minimum Gasteiger partial charge on any atom is -0.480 e. The van der Waals surface area contributed by atoms with E-state index in [9.17, 15) is 19.5 Å². The highest BCUT2D eigenvalue weighted by Crippen LogP contribution is 2.66. The quantitative estimate of drug-likeness (QED) is 0.578. The number of ketones is 1. The number of fused-ring (bicyclic) bond motifs is 5. The van der Waals surface area contributed by atoms with E-state index in [4.69, 9.17) is 5.11 Å². The minimum absolute atomic E-state index is 0.0467. The van der Waals surface area contributed by atoms with Gasteiger partial charge in [0.2, 0.25) is 5.91 Å². The van der Waals surface area contributed by atoms with Gasteiger partial charge in [0.1, 0.15) is 6.54 Å². The summed E-state index contributed by atoms with van der Waals surface area (Å²) in [6.45, 7) is 6.61. The smallest absolute Gasteiger partial charge is 0.322 e. The SMILES string of the molecule is C[C@H](CCC(=O)NCC(=O)O)[C@H]1CC[C@H]2[C@@H]3C(=O)C=C4C[C@@H](O)CC[C@]4(C)[C@H]3CC[C@]12C. The van der Waals surface area contributed by atoms with Crippen molar-refractivity contribution in [2.24, 2.45) is 40.4 Å². The Hall–Kier alpha value is -1.69. The molecule has 0 radical (unpaired) electrons. The molecular weight excluding hydrogens is 406 g/mol. The highest BCUT2D eigenvalue weighted by atomic mass is 16.4. The zero-order valence-corrected chi connectivity index (χ0v) is 19.7. The van der Waals surface area contributed by atoms with Crippen LogP contribution in [0, 0.1) is 40.4 Å². The van der Waals surface area contributed by atoms with Gasteiger partial charge in [0.25, 0.3) is 0 Å². The van der Waals surface area contributed by atoms with Crippen molar-refractivity contribution >= 4 is 17.7 Å². The highest BCUT2D eigenvalue weighted by molar-refractivity contribution is 5.94. The Labute approximate surface area is 191 Å². The Kier molecular flexibility index (Phi) is 6.30. The predicted molar refractivity (Wildman–Crippen MR) is 121 cm³/mol. The van der Waals surface area contributed by atoms with Gasteiger partial charge in [-0.1, -0.05) is 26.3 Å². The molecule has 0 bridgehead atoms. The molecule has 3 fully saturated rings. The molecule has 0 aromatic carbocycles. The number of carbonyl (C=O) groups is 3. The fraction of sp³-hybridized carbons (Fsp3) is 0.808. The van der Waals surface area contributed by atoms with E-state index in [-0.39, 0.29) is 41.1 Å². The lowest BCUT2D eigenvalue weighted by Gasteiger charge is -2.57. The van der Waals surface area contributed by atoms with E-state index in [1.807, 2.05) is 6.08 Å². The number of rotatable bonds is 6. The van der Waals surface area contributed by atoms with Crippen molar-refractivity contribution < 1.29 is 24.6 Å². The van der Waals surface area contributed by atoms with Crippen molar-refractivity contribution in [1.29, 1.82) is 0 Å². The maximum Gasteiger partial charge on any atom is 0.322 e. The molecule has 0 unspecified atom stereocenters. The van der Waals surface area contributed by atoms with Gasteiger partial charge < -0.3 is 15.5 Å². The Morgan fingerprint density at radius 3 is 2.62 bits per heavy atom. The van der Waals surface area contributed by atoms with Gasteiger partial charge in [-0.25, -0.2) is 0 Å². The van der Waals surface area contributed by atoms with Crippen LogP contribution < -0.4 is 5.32 Å². The summed E-state index contributed by atoms with van der Waals surface area (Å²) in [6.07, 6.45) is 9.51. The lowest BCUT2D eigenvalue weighted by Crippen LogP contribution is -2.53. The average molecular weight is 446 g/mol. The second-order valence-electron chi connectivity index (χ2n) is 11.5. The Morgan fingerprint density at radius 2 is 1.91 bits per heavy atom. The van der Waals surface area contributed by atoms with E-state index in [1.165, 1.54) is 5.57 Å². The molecular formula is C26H39NO5. The van der Waals surface area contributed by atoms with Crippen molar-refractivity contribution in [3.05, 3.63) is 11.6 Å². The molecule has 0 heterocycles. The topological polar surface area (TPSA) is 104 Å². The average Bonchev–Trinajstić information content (AvgIpc) is 3.09. The van der Waals surface area contributed by atoms with Gasteiger partial charge in [0.15, 0.2) is 5.78 Å². The summed E-state index contributed by atoms with van der Waals surface area (Å²) in [5.41, 5.74) is 1.34. The van der Waals surface area contributed by atoms with Crippen LogP contribution in [-0.2, 0) is 14.4 Å². The minimum atomic E-state index is -1.02. The van der Waals surface area contributed by atoms with Gasteiger partial charge in [0, 0.05) is 12.3 Å². The summed E-state index contributed by atoms with van der Waals surface area (Å²) < 4.78 is 0. The van der Waals surface area contributed by atoms with Gasteiger partial charge in [-0.05, 0) is 91.9 Å². The number of nitrogens with one attached hydrogen (secondary N) is 1. The van der Waals surface area contributed by atoms with Crippen LogP contribution in [0.4, 0.5) is 0 Å². The predicted octanol–water partition coefficient (Wildman–Crippen LogP) is 3.72. The molecule has 6 heteroatoms. The number of allylic oxidation sites excluding steroid dienone is 1. The summed E-state index contributed by atoms with van der Waals surface area (Å²) in [4.78, 5) is 36.0. The van der Waals surface area contributed by atoms with Gasteiger partial charge in [0.05, 0.1) is 6.10 Å². The lowest BCUT2D eigenvalue weighted by molar-refractivity contribution is -0.138. The van der Waals surface area contributed by atoms with Crippen LogP contribution in [0.2, 0.25) is 0 Å². The van der Waals surface area contributed by atoms with Crippen molar-refractivity contribution in [2.75, 3.05) is 6.54 Å². The van der Waals surface area contributed by atoms with Crippen LogP contribution in [0.25, 0.3) is 0 Å². The monoisotopic (exact) mass is 445 g/mol. The first-order valence-electron chi connectivity index (χ1n) is 12.5. The second kappa shape index (κ2) is 8.58. The molecule has 4 rings (SSSR count). The first kappa shape index (κ1) is 23.5. The van der Waals surface area contributed by atoms with E-state index in [1.54, 1.807) is 0 Å². The van der Waals surface area contributed by atoms with Crippen molar-refractivity contribution in [3.8, 4) is 0 Å². The van der Waals surface area contributed by atoms with E-state index in [2.05, 4.69) is 26.1 Å². The molecule has 178 valence electrons. The van der Waals surface area contributed by atoms with Crippen LogP contribution in [0.3, 0.4) is 0 Å². The highest BCUT2D eigenvalue weighted by Gasteiger charge is 2.61. The fourth-order valence-corrected chi connectivity index (χ4v) is 8.18. The Morgan fingerprint density at radius 1 is 1.16 bits per heavy atom. The third-order valence-corrected chi connectivity index (χ3v) is 9.94. The summed E-state index contributed by atoms with van der Waals surface area (Å²) >= 11 is 0. The van der Waals surface area contributed by atoms with E-state index < -0.39 is 5.97 Å². The molecule has 0 aromatic heterocycles. The van der Waals surface area contributed by atoms with Crippen LogP contribution in [-0.4, -0.2) is 40.5 Å². The number of aliphatic hydroxyl groups is 1. The Balaban J connectivity index is 1.47.